The molecular weight excluding hydrogens is 333 g/mol. The molecule has 1 heterocycles. The number of nitrogens with one attached hydrogen (secondary N) is 2. The molecule has 0 saturated carbocycles. The minimum absolute atomic E-state index is 0.198. The highest BCUT2D eigenvalue weighted by Crippen LogP contribution is 2.24. The molecule has 0 atom stereocenters. The first-order valence-electron chi connectivity index (χ1n) is 8.57. The van der Waals surface area contributed by atoms with Crippen LogP contribution in [0.4, 0.5) is 4.39 Å². The van der Waals surface area contributed by atoms with Crippen LogP contribution in [0.25, 0.3) is 0 Å². The van der Waals surface area contributed by atoms with Gasteiger partial charge in [0.2, 0.25) is 0 Å². The predicted molar refractivity (Wildman–Crippen MR) is 98.9 cm³/mol. The van der Waals surface area contributed by atoms with Crippen LogP contribution in [0.2, 0.25) is 0 Å². The maximum absolute atomic E-state index is 13.9. The van der Waals surface area contributed by atoms with Crippen molar-refractivity contribution in [2.45, 2.75) is 32.5 Å². The van der Waals surface area contributed by atoms with Gasteiger partial charge < -0.3 is 10.6 Å². The number of benzene rings is 1. The van der Waals surface area contributed by atoms with Crippen LogP contribution < -0.4 is 10.6 Å². The van der Waals surface area contributed by atoms with Crippen LogP contribution in [-0.2, 0) is 12.2 Å². The van der Waals surface area contributed by atoms with Crippen LogP contribution in [0.5, 0.6) is 0 Å². The van der Waals surface area contributed by atoms with E-state index in [1.165, 1.54) is 13.8 Å². The summed E-state index contributed by atoms with van der Waals surface area (Å²) in [6, 6.07) is 8.38. The number of halogens is 1. The van der Waals surface area contributed by atoms with Crippen molar-refractivity contribution in [2.75, 3.05) is 13.1 Å². The number of aldehydes is 1. The second-order valence-corrected chi connectivity index (χ2v) is 6.58. The first kappa shape index (κ1) is 19.7. The Morgan fingerprint density at radius 2 is 2.04 bits per heavy atom. The van der Waals surface area contributed by atoms with Gasteiger partial charge in [-0.15, -0.1) is 0 Å². The molecule has 1 aromatic carbocycles. The average molecular weight is 357 g/mol. The summed E-state index contributed by atoms with van der Waals surface area (Å²) < 4.78 is 13.9. The van der Waals surface area contributed by atoms with Gasteiger partial charge in [0, 0.05) is 42.2 Å². The van der Waals surface area contributed by atoms with E-state index in [4.69, 9.17) is 0 Å². The number of carbonyl (C=O) groups is 2. The summed E-state index contributed by atoms with van der Waals surface area (Å²) in [4.78, 5) is 26.8. The number of alkyl halides is 1. The van der Waals surface area contributed by atoms with Crippen molar-refractivity contribution in [3.63, 3.8) is 0 Å². The highest BCUT2D eigenvalue weighted by Gasteiger charge is 2.19. The minimum atomic E-state index is -1.41. The maximum Gasteiger partial charge on any atom is 0.251 e. The second-order valence-electron chi connectivity index (χ2n) is 6.58. The van der Waals surface area contributed by atoms with Gasteiger partial charge in [-0.05, 0) is 50.6 Å². The number of nitrogens with zero attached hydrogens (tertiary/aromatic N) is 1. The number of hydrogen-bond donors (Lipinski definition) is 2. The van der Waals surface area contributed by atoms with E-state index in [-0.39, 0.29) is 5.91 Å². The topological polar surface area (TPSA) is 71.1 Å². The number of amides is 1. The van der Waals surface area contributed by atoms with Gasteiger partial charge in [0.15, 0.2) is 0 Å². The molecule has 2 rings (SSSR count). The highest BCUT2D eigenvalue weighted by molar-refractivity contribution is 5.95. The van der Waals surface area contributed by atoms with E-state index in [0.29, 0.717) is 42.6 Å². The molecule has 1 amide bonds. The quantitative estimate of drug-likeness (QED) is 0.535. The standard InChI is InChI=1S/C20H24FN3O2/c1-20(2,21)18-10-16(12-23-13-18)11-22-7-4-8-24-19(26)17-6-3-5-15(9-17)14-25/h3,5-6,9-10,12-14,22H,4,7-8,11H2,1-2H3,(H,24,26). The van der Waals surface area contributed by atoms with Gasteiger partial charge in [-0.2, -0.15) is 0 Å². The zero-order valence-electron chi connectivity index (χ0n) is 15.1. The van der Waals surface area contributed by atoms with Crippen molar-refractivity contribution in [1.82, 2.24) is 15.6 Å². The van der Waals surface area contributed by atoms with E-state index < -0.39 is 5.67 Å². The normalized spacial score (nSPS) is 11.2. The summed E-state index contributed by atoms with van der Waals surface area (Å²) in [6.07, 6.45) is 4.72. The van der Waals surface area contributed by atoms with Gasteiger partial charge in [0.05, 0.1) is 0 Å². The van der Waals surface area contributed by atoms with Crippen LogP contribution in [0.15, 0.2) is 42.7 Å². The van der Waals surface area contributed by atoms with Gasteiger partial charge in [0.25, 0.3) is 5.91 Å². The predicted octanol–water partition coefficient (Wildman–Crippen LogP) is 3.01. The minimum Gasteiger partial charge on any atom is -0.352 e. The zero-order chi connectivity index (χ0) is 19.0. The molecule has 2 aromatic rings. The summed E-state index contributed by atoms with van der Waals surface area (Å²) in [5.41, 5.74) is 1.02. The number of hydrogen-bond acceptors (Lipinski definition) is 4. The molecule has 5 nitrogen and oxygen atoms in total. The fourth-order valence-corrected chi connectivity index (χ4v) is 2.41. The van der Waals surface area contributed by atoms with E-state index >= 15 is 0 Å². The van der Waals surface area contributed by atoms with E-state index in [1.807, 2.05) is 6.07 Å². The molecule has 0 aliphatic rings. The molecule has 0 aliphatic heterocycles. The molecule has 0 radical (unpaired) electrons. The lowest BCUT2D eigenvalue weighted by atomic mass is 10.0. The lowest BCUT2D eigenvalue weighted by molar-refractivity contribution is 0.0953. The van der Waals surface area contributed by atoms with Crippen LogP contribution >= 0.6 is 0 Å². The molecule has 138 valence electrons. The van der Waals surface area contributed by atoms with Crippen molar-refractivity contribution in [1.29, 1.82) is 0 Å². The molecule has 1 aromatic heterocycles. The molecule has 0 fully saturated rings. The Balaban J connectivity index is 1.69. The Labute approximate surface area is 153 Å². The fraction of sp³-hybridized carbons (Fsp3) is 0.350. The summed E-state index contributed by atoms with van der Waals surface area (Å²) in [5.74, 6) is -0.198. The van der Waals surface area contributed by atoms with Crippen LogP contribution in [0, 0.1) is 0 Å². The van der Waals surface area contributed by atoms with E-state index in [0.717, 1.165) is 12.0 Å². The number of carbonyl (C=O) groups excluding carboxylic acids is 2. The van der Waals surface area contributed by atoms with Crippen LogP contribution in [0.3, 0.4) is 0 Å². The number of pyridine rings is 1. The fourth-order valence-electron chi connectivity index (χ4n) is 2.41. The third-order valence-corrected chi connectivity index (χ3v) is 3.91. The molecule has 2 N–H and O–H groups in total. The van der Waals surface area contributed by atoms with Gasteiger partial charge in [-0.1, -0.05) is 12.1 Å². The van der Waals surface area contributed by atoms with E-state index in [2.05, 4.69) is 15.6 Å². The Bertz CT molecular complexity index is 757. The summed E-state index contributed by atoms with van der Waals surface area (Å²) in [5, 5.41) is 6.07. The second kappa shape index (κ2) is 9.20. The smallest absolute Gasteiger partial charge is 0.251 e. The summed E-state index contributed by atoms with van der Waals surface area (Å²) in [6.45, 7) is 4.83. The molecule has 0 aliphatic carbocycles. The monoisotopic (exact) mass is 357 g/mol. The number of rotatable bonds is 9. The molecule has 26 heavy (non-hydrogen) atoms. The third kappa shape index (κ3) is 6.04. The van der Waals surface area contributed by atoms with Crippen LogP contribution in [0.1, 0.15) is 52.1 Å². The molecule has 0 saturated heterocycles. The largest absolute Gasteiger partial charge is 0.352 e. The molecule has 0 bridgehead atoms. The Kier molecular flexibility index (Phi) is 6.97. The SMILES string of the molecule is CC(C)(F)c1cncc(CNCCCNC(=O)c2cccc(C=O)c2)c1. The van der Waals surface area contributed by atoms with Crippen molar-refractivity contribution >= 4 is 12.2 Å². The van der Waals surface area contributed by atoms with Gasteiger partial charge in [-0.3, -0.25) is 14.6 Å². The van der Waals surface area contributed by atoms with Gasteiger partial charge in [0.1, 0.15) is 12.0 Å². The molecule has 6 heteroatoms. The Hall–Kier alpha value is -2.60. The van der Waals surface area contributed by atoms with Gasteiger partial charge in [-0.25, -0.2) is 4.39 Å². The maximum atomic E-state index is 13.9. The summed E-state index contributed by atoms with van der Waals surface area (Å²) >= 11 is 0. The van der Waals surface area contributed by atoms with E-state index in [1.54, 1.807) is 36.7 Å². The molecular formula is C20H24FN3O2. The lowest BCUT2D eigenvalue weighted by Crippen LogP contribution is -2.27. The summed E-state index contributed by atoms with van der Waals surface area (Å²) in [7, 11) is 0. The number of aromatic nitrogens is 1. The Morgan fingerprint density at radius 1 is 1.23 bits per heavy atom. The average Bonchev–Trinajstić information content (AvgIpc) is 2.64. The molecule has 0 spiro atoms. The highest BCUT2D eigenvalue weighted by atomic mass is 19.1. The molecule has 0 unspecified atom stereocenters. The van der Waals surface area contributed by atoms with Crippen molar-refractivity contribution in [3.05, 3.63) is 65.0 Å². The first-order chi connectivity index (χ1) is 12.4. The van der Waals surface area contributed by atoms with Crippen molar-refractivity contribution in [3.8, 4) is 0 Å². The van der Waals surface area contributed by atoms with Crippen LogP contribution in [-0.4, -0.2) is 30.3 Å². The third-order valence-electron chi connectivity index (χ3n) is 3.91. The van der Waals surface area contributed by atoms with Gasteiger partial charge >= 0.3 is 0 Å². The Morgan fingerprint density at radius 3 is 2.77 bits per heavy atom. The first-order valence-corrected chi connectivity index (χ1v) is 8.57. The zero-order valence-corrected chi connectivity index (χ0v) is 15.1. The van der Waals surface area contributed by atoms with E-state index in [9.17, 15) is 14.0 Å². The lowest BCUT2D eigenvalue weighted by Gasteiger charge is -2.15. The van der Waals surface area contributed by atoms with Crippen molar-refractivity contribution in [2.24, 2.45) is 0 Å². The van der Waals surface area contributed by atoms with Crippen molar-refractivity contribution < 1.29 is 14.0 Å².